The molecule has 3 nitrogen and oxygen atoms in total. The molecule has 0 bridgehead atoms. The molecule has 0 spiro atoms. The van der Waals surface area contributed by atoms with Crippen LogP contribution in [0.3, 0.4) is 0 Å². The van der Waals surface area contributed by atoms with Crippen LogP contribution in [0.15, 0.2) is 18.2 Å². The van der Waals surface area contributed by atoms with Crippen LogP contribution < -0.4 is 15.4 Å². The van der Waals surface area contributed by atoms with Gasteiger partial charge in [0.25, 0.3) is 0 Å². The van der Waals surface area contributed by atoms with Gasteiger partial charge in [-0.05, 0) is 44.0 Å². The average Bonchev–Trinajstić information content (AvgIpc) is 2.38. The number of halogens is 1. The molecule has 17 heavy (non-hydrogen) atoms. The summed E-state index contributed by atoms with van der Waals surface area (Å²) in [5.41, 5.74) is 0.734. The maximum Gasteiger partial charge on any atom is 0.142 e. The highest BCUT2D eigenvalue weighted by molar-refractivity contribution is 5.56. The van der Waals surface area contributed by atoms with Gasteiger partial charge in [0.15, 0.2) is 0 Å². The number of anilines is 1. The zero-order valence-electron chi connectivity index (χ0n) is 10.1. The van der Waals surface area contributed by atoms with Crippen LogP contribution in [0.1, 0.15) is 12.8 Å². The average molecular weight is 238 g/mol. The summed E-state index contributed by atoms with van der Waals surface area (Å²) < 4.78 is 18.3. The highest BCUT2D eigenvalue weighted by Crippen LogP contribution is 2.25. The first kappa shape index (κ1) is 12.2. The van der Waals surface area contributed by atoms with E-state index in [1.807, 2.05) is 0 Å². The molecule has 2 N–H and O–H groups in total. The Morgan fingerprint density at radius 3 is 3.12 bits per heavy atom. The van der Waals surface area contributed by atoms with Crippen molar-refractivity contribution in [1.29, 1.82) is 0 Å². The predicted molar refractivity (Wildman–Crippen MR) is 67.0 cm³/mol. The van der Waals surface area contributed by atoms with Crippen LogP contribution >= 0.6 is 0 Å². The van der Waals surface area contributed by atoms with Crippen molar-refractivity contribution in [2.75, 3.05) is 32.1 Å². The lowest BCUT2D eigenvalue weighted by Crippen LogP contribution is -2.33. The standard InChI is InChI=1S/C13H19FN2O/c1-17-13-5-4-11(14)7-12(13)16-9-10-3-2-6-15-8-10/h4-5,7,10,15-16H,2-3,6,8-9H2,1H3. The van der Waals surface area contributed by atoms with Gasteiger partial charge in [-0.15, -0.1) is 0 Å². The van der Waals surface area contributed by atoms with E-state index < -0.39 is 0 Å². The zero-order chi connectivity index (χ0) is 12.1. The third-order valence-corrected chi connectivity index (χ3v) is 3.14. The lowest BCUT2D eigenvalue weighted by Gasteiger charge is -2.23. The number of piperidine rings is 1. The van der Waals surface area contributed by atoms with Gasteiger partial charge in [0.05, 0.1) is 12.8 Å². The Bertz CT molecular complexity index is 364. The van der Waals surface area contributed by atoms with Gasteiger partial charge in [-0.1, -0.05) is 0 Å². The Kier molecular flexibility index (Phi) is 4.20. The molecular formula is C13H19FN2O. The summed E-state index contributed by atoms with van der Waals surface area (Å²) in [7, 11) is 1.60. The summed E-state index contributed by atoms with van der Waals surface area (Å²) in [5.74, 6) is 1.06. The van der Waals surface area contributed by atoms with Crippen LogP contribution in [-0.4, -0.2) is 26.7 Å². The first-order chi connectivity index (χ1) is 8.29. The van der Waals surface area contributed by atoms with Crippen molar-refractivity contribution in [2.45, 2.75) is 12.8 Å². The van der Waals surface area contributed by atoms with Gasteiger partial charge in [-0.25, -0.2) is 4.39 Å². The van der Waals surface area contributed by atoms with E-state index >= 15 is 0 Å². The van der Waals surface area contributed by atoms with E-state index in [2.05, 4.69) is 10.6 Å². The molecule has 0 aliphatic carbocycles. The van der Waals surface area contributed by atoms with Crippen molar-refractivity contribution >= 4 is 5.69 Å². The summed E-state index contributed by atoms with van der Waals surface area (Å²) in [6.07, 6.45) is 2.43. The van der Waals surface area contributed by atoms with E-state index in [9.17, 15) is 4.39 Å². The molecule has 0 amide bonds. The molecule has 1 saturated heterocycles. The first-order valence-electron chi connectivity index (χ1n) is 6.07. The molecule has 1 aliphatic rings. The molecule has 1 fully saturated rings. The van der Waals surface area contributed by atoms with Gasteiger partial charge in [0, 0.05) is 12.6 Å². The van der Waals surface area contributed by atoms with Crippen LogP contribution in [0, 0.1) is 11.7 Å². The van der Waals surface area contributed by atoms with E-state index in [0.29, 0.717) is 11.7 Å². The number of benzene rings is 1. The number of hydrogen-bond donors (Lipinski definition) is 2. The lowest BCUT2D eigenvalue weighted by atomic mass is 10.00. The van der Waals surface area contributed by atoms with Crippen LogP contribution in [0.2, 0.25) is 0 Å². The minimum Gasteiger partial charge on any atom is -0.495 e. The second-order valence-electron chi connectivity index (χ2n) is 4.44. The third kappa shape index (κ3) is 3.33. The van der Waals surface area contributed by atoms with Gasteiger partial charge >= 0.3 is 0 Å². The molecule has 94 valence electrons. The Morgan fingerprint density at radius 2 is 2.41 bits per heavy atom. The predicted octanol–water partition coefficient (Wildman–Crippen LogP) is 2.25. The van der Waals surface area contributed by atoms with Crippen molar-refractivity contribution in [1.82, 2.24) is 5.32 Å². The molecule has 2 rings (SSSR count). The van der Waals surface area contributed by atoms with Crippen molar-refractivity contribution in [3.8, 4) is 5.75 Å². The van der Waals surface area contributed by atoms with E-state index in [0.717, 1.165) is 25.3 Å². The molecule has 1 heterocycles. The van der Waals surface area contributed by atoms with Crippen LogP contribution in [-0.2, 0) is 0 Å². The van der Waals surface area contributed by atoms with Gasteiger partial charge in [0.2, 0.25) is 0 Å². The maximum atomic E-state index is 13.1. The Hall–Kier alpha value is -1.29. The van der Waals surface area contributed by atoms with E-state index in [1.54, 1.807) is 13.2 Å². The third-order valence-electron chi connectivity index (χ3n) is 3.14. The van der Waals surface area contributed by atoms with Crippen LogP contribution in [0.25, 0.3) is 0 Å². The zero-order valence-corrected chi connectivity index (χ0v) is 10.1. The van der Waals surface area contributed by atoms with Crippen molar-refractivity contribution in [2.24, 2.45) is 5.92 Å². The number of methoxy groups -OCH3 is 1. The molecule has 1 aromatic rings. The molecule has 0 saturated carbocycles. The topological polar surface area (TPSA) is 33.3 Å². The number of ether oxygens (including phenoxy) is 1. The Balaban J connectivity index is 1.95. The van der Waals surface area contributed by atoms with Gasteiger partial charge in [-0.3, -0.25) is 0 Å². The number of rotatable bonds is 4. The molecule has 0 radical (unpaired) electrons. The number of nitrogens with one attached hydrogen (secondary N) is 2. The summed E-state index contributed by atoms with van der Waals surface area (Å²) in [4.78, 5) is 0. The van der Waals surface area contributed by atoms with Crippen molar-refractivity contribution in [3.05, 3.63) is 24.0 Å². The van der Waals surface area contributed by atoms with Crippen LogP contribution in [0.4, 0.5) is 10.1 Å². The fraction of sp³-hybridized carbons (Fsp3) is 0.538. The minimum atomic E-state index is -0.241. The van der Waals surface area contributed by atoms with E-state index in [1.165, 1.54) is 25.0 Å². The minimum absolute atomic E-state index is 0.241. The summed E-state index contributed by atoms with van der Waals surface area (Å²) in [6, 6.07) is 4.54. The largest absolute Gasteiger partial charge is 0.495 e. The molecule has 0 aromatic heterocycles. The summed E-state index contributed by atoms with van der Waals surface area (Å²) in [6.45, 7) is 3.00. The molecule has 1 aliphatic heterocycles. The quantitative estimate of drug-likeness (QED) is 0.844. The number of hydrogen-bond acceptors (Lipinski definition) is 3. The van der Waals surface area contributed by atoms with E-state index in [4.69, 9.17) is 4.74 Å². The Morgan fingerprint density at radius 1 is 1.53 bits per heavy atom. The molecule has 1 atom stereocenters. The highest BCUT2D eigenvalue weighted by Gasteiger charge is 2.13. The second-order valence-corrected chi connectivity index (χ2v) is 4.44. The van der Waals surface area contributed by atoms with Gasteiger partial charge < -0.3 is 15.4 Å². The van der Waals surface area contributed by atoms with Gasteiger partial charge in [0.1, 0.15) is 11.6 Å². The smallest absolute Gasteiger partial charge is 0.142 e. The SMILES string of the molecule is COc1ccc(F)cc1NCC1CCCNC1. The fourth-order valence-corrected chi connectivity index (χ4v) is 2.17. The van der Waals surface area contributed by atoms with Crippen molar-refractivity contribution < 1.29 is 9.13 Å². The lowest BCUT2D eigenvalue weighted by molar-refractivity contribution is 0.390. The fourth-order valence-electron chi connectivity index (χ4n) is 2.17. The first-order valence-corrected chi connectivity index (χ1v) is 6.07. The summed E-state index contributed by atoms with van der Waals surface area (Å²) >= 11 is 0. The molecular weight excluding hydrogens is 219 g/mol. The second kappa shape index (κ2) is 5.87. The Labute approximate surface area is 101 Å². The van der Waals surface area contributed by atoms with Crippen LogP contribution in [0.5, 0.6) is 5.75 Å². The summed E-state index contributed by atoms with van der Waals surface area (Å²) in [5, 5.41) is 6.64. The van der Waals surface area contributed by atoms with Crippen molar-refractivity contribution in [3.63, 3.8) is 0 Å². The van der Waals surface area contributed by atoms with E-state index in [-0.39, 0.29) is 5.82 Å². The highest BCUT2D eigenvalue weighted by atomic mass is 19.1. The monoisotopic (exact) mass is 238 g/mol. The molecule has 4 heteroatoms. The molecule has 1 unspecified atom stereocenters. The molecule has 1 aromatic carbocycles. The maximum absolute atomic E-state index is 13.1. The normalized spacial score (nSPS) is 20.0. The van der Waals surface area contributed by atoms with Gasteiger partial charge in [-0.2, -0.15) is 0 Å².